The van der Waals surface area contributed by atoms with Crippen molar-refractivity contribution in [3.05, 3.63) is 280 Å². The summed E-state index contributed by atoms with van der Waals surface area (Å²) in [5.41, 5.74) is 46.1. The van der Waals surface area contributed by atoms with Gasteiger partial charge in [-0.25, -0.2) is 23.5 Å². The molecule has 0 saturated carbocycles. The lowest BCUT2D eigenvalue weighted by molar-refractivity contribution is 0.0696. The van der Waals surface area contributed by atoms with E-state index >= 15 is 0 Å². The maximum atomic E-state index is 10.7. The number of carboxylic acid groups (broad SMARTS) is 1. The third kappa shape index (κ3) is 26.0. The van der Waals surface area contributed by atoms with Crippen LogP contribution in [0.4, 0.5) is 0 Å². The monoisotopic (exact) mass is 1990 g/mol. The van der Waals surface area contributed by atoms with E-state index in [9.17, 15) is 4.79 Å². The van der Waals surface area contributed by atoms with Crippen LogP contribution < -0.4 is 0 Å². The minimum atomic E-state index is -0.942. The summed E-state index contributed by atoms with van der Waals surface area (Å²) in [5, 5.41) is 178. The Hall–Kier alpha value is -17.3. The highest BCUT2D eigenvalue weighted by molar-refractivity contribution is 5.94. The van der Waals surface area contributed by atoms with Crippen molar-refractivity contribution in [2.75, 3.05) is 0 Å². The molecular weight excluding hydrogens is 1870 g/mol. The summed E-state index contributed by atoms with van der Waals surface area (Å²) in [6, 6.07) is 50.6. The van der Waals surface area contributed by atoms with Crippen LogP contribution in [0.25, 0.3) is 132 Å². The maximum Gasteiger partial charge on any atom is 0.336 e. The lowest BCUT2D eigenvalue weighted by Crippen LogP contribution is -1.99. The van der Waals surface area contributed by atoms with E-state index in [4.69, 9.17) is 35.7 Å². The lowest BCUT2D eigenvalue weighted by Gasteiger charge is -2.07. The number of benzene rings is 12. The molecule has 0 aliphatic carbocycles. The van der Waals surface area contributed by atoms with Crippen LogP contribution in [0.1, 0.15) is 162 Å². The van der Waals surface area contributed by atoms with E-state index in [1.807, 2.05) is 133 Å². The van der Waals surface area contributed by atoms with Crippen molar-refractivity contribution < 1.29 is 40.5 Å². The topological polar surface area (TPSA) is 614 Å². The van der Waals surface area contributed by atoms with Gasteiger partial charge < -0.3 is 35.7 Å². The molecule has 0 amide bonds. The molecule has 0 fully saturated rings. The molecule has 0 aliphatic heterocycles. The van der Waals surface area contributed by atoms with Crippen LogP contribution in [0.5, 0.6) is 0 Å². The first-order valence-electron chi connectivity index (χ1n) is 47.4. The number of aromatic amines is 8. The van der Waals surface area contributed by atoms with Gasteiger partial charge in [-0.1, -0.05) is 91.9 Å². The quantitative estimate of drug-likeness (QED) is 0.0540. The number of nitrogens with one attached hydrogen (secondary N) is 8. The first kappa shape index (κ1) is 107. The Morgan fingerprint density at radius 1 is 0.252 bits per heavy atom. The molecular formula is C103H120N36O8. The third-order valence-electron chi connectivity index (χ3n) is 24.8. The van der Waals surface area contributed by atoms with Crippen molar-refractivity contribution in [3.8, 4) is 0 Å². The highest BCUT2D eigenvalue weighted by atomic mass is 16.4. The molecule has 12 heterocycles. The molecule has 0 bridgehead atoms. The summed E-state index contributed by atoms with van der Waals surface area (Å²) in [4.78, 5) is 10.7. The SMILES string of the molecule is CCc1cc2n[nH]nc2cc1CC.CCc1cc2nnn(CO)c2cc1CC.CCc1ccc2n[nH]nc2c1.Cc1c(C)c(C)c2n[nH]nc2c1C.Cc1cc(C)c2c(c1)nnn2CO.Cc1cc(C)c2n[nH]nc2c1.Cc1cc2n[nH]nc2cc1C.Cc1cc2n[nH]nc2cc1C(=O)O.Cc1cc2n[nH]nc2cc1CO.Cc1cc2nnn(CO)c2cc1C.OCc1ccc2n[nH]nc2c1.OCn1nnc2ccccc21. The Bertz CT molecular complexity index is 8350. The van der Waals surface area contributed by atoms with E-state index in [2.05, 4.69) is 296 Å². The third-order valence-corrected chi connectivity index (χ3v) is 24.8. The second-order valence-electron chi connectivity index (χ2n) is 34.6. The van der Waals surface area contributed by atoms with Crippen molar-refractivity contribution in [2.45, 2.75) is 204 Å². The number of rotatable bonds is 12. The van der Waals surface area contributed by atoms with E-state index in [0.29, 0.717) is 16.6 Å². The van der Waals surface area contributed by atoms with E-state index in [1.54, 1.807) is 19.1 Å². The second-order valence-corrected chi connectivity index (χ2v) is 34.6. The Balaban J connectivity index is 0.000000134. The van der Waals surface area contributed by atoms with E-state index < -0.39 is 5.97 Å². The van der Waals surface area contributed by atoms with Gasteiger partial charge in [-0.3, -0.25) is 0 Å². The summed E-state index contributed by atoms with van der Waals surface area (Å²) in [6.45, 7) is 38.8. The number of nitrogens with zero attached hydrogens (tertiary/aromatic N) is 28. The summed E-state index contributed by atoms with van der Waals surface area (Å²) >= 11 is 0. The molecule has 12 aromatic heterocycles. The van der Waals surface area contributed by atoms with Crippen molar-refractivity contribution in [1.82, 2.24) is 183 Å². The Kier molecular flexibility index (Phi) is 36.4. The van der Waals surface area contributed by atoms with Gasteiger partial charge >= 0.3 is 5.97 Å². The Labute approximate surface area is 841 Å². The molecule has 147 heavy (non-hydrogen) atoms. The molecule has 760 valence electrons. The van der Waals surface area contributed by atoms with Crippen LogP contribution in [-0.2, 0) is 72.2 Å². The average molecular weight is 1990 g/mol. The van der Waals surface area contributed by atoms with Gasteiger partial charge in [0.2, 0.25) is 0 Å². The van der Waals surface area contributed by atoms with Crippen LogP contribution in [0, 0.1) is 96.9 Å². The number of hydrogen-bond donors (Lipinski definition) is 15. The number of carbonyl (C=O) groups is 1. The number of aryl methyl sites for hydroxylation is 17. The van der Waals surface area contributed by atoms with E-state index in [-0.39, 0.29) is 45.7 Å². The number of hydrogen-bond acceptors (Lipinski definition) is 31. The molecule has 0 atom stereocenters. The number of para-hydroxylation sites is 1. The molecule has 24 aromatic rings. The first-order valence-corrected chi connectivity index (χ1v) is 47.4. The van der Waals surface area contributed by atoms with Gasteiger partial charge in [0, 0.05) is 0 Å². The highest BCUT2D eigenvalue weighted by Gasteiger charge is 2.17. The fraction of sp³-hybridized carbons (Fsp3) is 0.291. The van der Waals surface area contributed by atoms with Crippen LogP contribution >= 0.6 is 0 Å². The van der Waals surface area contributed by atoms with Gasteiger partial charge in [0.15, 0.2) is 0 Å². The summed E-state index contributed by atoms with van der Waals surface area (Å²) < 4.78 is 5.91. The molecule has 24 rings (SSSR count). The van der Waals surface area contributed by atoms with Gasteiger partial charge in [0.25, 0.3) is 0 Å². The molecule has 0 saturated heterocycles. The fourth-order valence-electron chi connectivity index (χ4n) is 16.0. The summed E-state index contributed by atoms with van der Waals surface area (Å²) in [7, 11) is 0. The van der Waals surface area contributed by atoms with Crippen LogP contribution in [0.3, 0.4) is 0 Å². The van der Waals surface area contributed by atoms with Crippen molar-refractivity contribution >= 4 is 138 Å². The molecule has 44 nitrogen and oxygen atoms in total. The van der Waals surface area contributed by atoms with Crippen molar-refractivity contribution in [1.29, 1.82) is 0 Å². The van der Waals surface area contributed by atoms with Crippen molar-refractivity contribution in [2.24, 2.45) is 0 Å². The van der Waals surface area contributed by atoms with Gasteiger partial charge in [0.1, 0.15) is 137 Å². The molecule has 44 heteroatoms. The number of H-pyrrole nitrogens is 8. The zero-order valence-corrected chi connectivity index (χ0v) is 85.4. The summed E-state index contributed by atoms with van der Waals surface area (Å²) in [6.07, 6.45) is 5.17. The highest BCUT2D eigenvalue weighted by Crippen LogP contribution is 2.29. The largest absolute Gasteiger partial charge is 0.478 e. The standard InChI is InChI=1S/C11H15N3O.2C10H13N3.2C9H11N3O.C8H7N3O2.C8H9N3O.3C8H9N3.2C7H7N3O/c1-3-8-5-10-11(6-9(8)4-2)14(7-15)13-12-10;1-5-6(2)8(4)10-9(7(5)3)11-13-12-10;1-3-7-5-9-10(12-13-11-9)6-8(7)4-2;1-6-3-8-9(4-7(6)2)12(5-13)11-10-8;1-6-3-7(2)9-8(4-6)10-11-12(9)5-13;1-4-2-6-7(10-11-9-6)3-5(4)8(12)13;1-5-2-7-8(10-11-9-7)3-6(5)4-12;1-5-3-7-8(4-6(5)2)10-11-9-7;1-5-3-6(2)8-7(4-5)9-11-10-8;1-2-6-3-4-7-8(5-6)10-11-9-7;11-4-5-1-2-6-7(3-5)9-10-8-6;11-5-10-7-4-2-1-3-6(7)8-9-10/h5-6,15H,3-4,7H2,1-2H3;1-4H3,(H,11,12,13);5-6H,3-4H2,1-2H3,(H,11,12,13);2*3-4,13H,5H2,1-2H3;2-3H,1H3,(H,12,13)(H,9,10,11);2-3,12H,4H2,1H3,(H,9,10,11);2*3-4H,1-2H3,(H,9,10,11);3-5H,2H2,1H3,(H,9,10,11);1-3,11H,4H2,(H,8,9,10);1-4,11H,5H2. The first-order chi connectivity index (χ1) is 71.0. The molecule has 0 spiro atoms. The normalized spacial score (nSPS) is 10.8. The molecule has 0 radical (unpaired) electrons. The maximum absolute atomic E-state index is 10.7. The van der Waals surface area contributed by atoms with E-state index in [0.717, 1.165) is 181 Å². The second kappa shape index (κ2) is 50.1. The lowest BCUT2D eigenvalue weighted by atomic mass is 9.98. The van der Waals surface area contributed by atoms with Crippen LogP contribution in [0.2, 0.25) is 0 Å². The van der Waals surface area contributed by atoms with E-state index in [1.165, 1.54) is 108 Å². The Morgan fingerprint density at radius 3 is 1.07 bits per heavy atom. The van der Waals surface area contributed by atoms with Crippen LogP contribution in [-0.4, -0.2) is 225 Å². The minimum absolute atomic E-state index is 0.0444. The number of aliphatic hydroxyl groups excluding tert-OH is 6. The number of aliphatic hydroxyl groups is 6. The number of fused-ring (bicyclic) bond motifs is 12. The number of carboxylic acids is 1. The number of aromatic nitrogens is 36. The fourth-order valence-corrected chi connectivity index (χ4v) is 16.0. The number of aromatic carboxylic acids is 1. The predicted octanol–water partition coefficient (Wildman–Crippen LogP) is 15.0. The van der Waals surface area contributed by atoms with Crippen molar-refractivity contribution in [3.63, 3.8) is 0 Å². The van der Waals surface area contributed by atoms with Gasteiger partial charge in [-0.15, -0.1) is 20.4 Å². The molecule has 0 aliphatic rings. The minimum Gasteiger partial charge on any atom is -0.478 e. The van der Waals surface area contributed by atoms with Gasteiger partial charge in [0.05, 0.1) is 40.8 Å². The Morgan fingerprint density at radius 2 is 0.592 bits per heavy atom. The average Bonchev–Trinajstić information content (AvgIpc) is 1.55. The predicted molar refractivity (Wildman–Crippen MR) is 562 cm³/mol. The smallest absolute Gasteiger partial charge is 0.336 e. The molecule has 12 aromatic carbocycles. The van der Waals surface area contributed by atoms with Crippen LogP contribution in [0.15, 0.2) is 158 Å². The zero-order chi connectivity index (χ0) is 105. The summed E-state index contributed by atoms with van der Waals surface area (Å²) in [5.74, 6) is -0.942. The van der Waals surface area contributed by atoms with Gasteiger partial charge in [-0.05, 0) is 367 Å². The molecule has 15 N–H and O–H groups in total. The zero-order valence-electron chi connectivity index (χ0n) is 85.4. The van der Waals surface area contributed by atoms with Gasteiger partial charge in [-0.2, -0.15) is 123 Å². The molecule has 0 unspecified atom stereocenters.